The Morgan fingerprint density at radius 1 is 0.371 bits per heavy atom. The lowest BCUT2D eigenvalue weighted by Crippen LogP contribution is -2.29. The van der Waals surface area contributed by atoms with Gasteiger partial charge in [0.25, 0.3) is 0 Å². The van der Waals surface area contributed by atoms with Gasteiger partial charge in [-0.3, -0.25) is 0 Å². The summed E-state index contributed by atoms with van der Waals surface area (Å²) in [6.07, 6.45) is 17.3. The standard InChI is InChI=1S/C83H78O4P2/c1-5-7-9-29-55-86-78-53-50-67(59-65(78)48-46-63-31-23-27-43-80(63)88(84,69-33-15-11-16-34-69)70-35-17-12-18-36-70)83(76-57-61(3)45-52-75(76)82-74-42-26-25-41-73(74)62(4)58-77(82)83)68-51-54-79(87-56-30-10-8-6-2)66(60-68)49-47-64-32-24-28-44-81(64)89(85,71-37-19-13-20-38-71)72-39-21-14-22-40-72/h11-28,31-54,57-60H,5-10,29-30,55-56H2,1-4H3/b48-46+,49-47+. The first-order valence-corrected chi connectivity index (χ1v) is 35.3. The fourth-order valence-corrected chi connectivity index (χ4v) is 19.1. The van der Waals surface area contributed by atoms with Gasteiger partial charge in [-0.25, -0.2) is 0 Å². The van der Waals surface area contributed by atoms with Gasteiger partial charge in [0.1, 0.15) is 11.5 Å². The van der Waals surface area contributed by atoms with Gasteiger partial charge >= 0.3 is 0 Å². The Balaban J connectivity index is 1.09. The van der Waals surface area contributed by atoms with Gasteiger partial charge in [0.15, 0.2) is 14.3 Å². The molecule has 89 heavy (non-hydrogen) atoms. The summed E-state index contributed by atoms with van der Waals surface area (Å²) in [4.78, 5) is 0. The number of unbranched alkanes of at least 4 members (excludes halogenated alkanes) is 6. The first kappa shape index (κ1) is 60.5. The molecule has 1 aliphatic carbocycles. The van der Waals surface area contributed by atoms with Crippen molar-refractivity contribution in [2.45, 2.75) is 84.5 Å². The molecule has 0 bridgehead atoms. The van der Waals surface area contributed by atoms with Crippen molar-refractivity contribution < 1.29 is 18.6 Å². The second-order valence-electron chi connectivity index (χ2n) is 23.6. The Morgan fingerprint density at radius 3 is 1.22 bits per heavy atom. The van der Waals surface area contributed by atoms with Gasteiger partial charge in [-0.05, 0) is 112 Å². The van der Waals surface area contributed by atoms with Gasteiger partial charge in [-0.15, -0.1) is 0 Å². The van der Waals surface area contributed by atoms with E-state index in [9.17, 15) is 0 Å². The first-order valence-electron chi connectivity index (χ1n) is 31.8. The van der Waals surface area contributed by atoms with Crippen LogP contribution in [-0.2, 0) is 14.5 Å². The molecule has 0 radical (unpaired) electrons. The van der Waals surface area contributed by atoms with Crippen LogP contribution >= 0.6 is 14.3 Å². The summed E-state index contributed by atoms with van der Waals surface area (Å²) in [6, 6.07) is 88.0. The number of aryl methyl sites for hydroxylation is 2. The molecule has 0 spiro atoms. The van der Waals surface area contributed by atoms with E-state index in [-0.39, 0.29) is 0 Å². The van der Waals surface area contributed by atoms with Crippen LogP contribution in [0.2, 0.25) is 0 Å². The summed E-state index contributed by atoms with van der Waals surface area (Å²) in [6.45, 7) is 10.1. The maximum absolute atomic E-state index is 16.1. The number of ether oxygens (including phenoxy) is 2. The molecule has 4 nitrogen and oxygen atoms in total. The molecule has 11 aromatic rings. The number of benzene rings is 11. The highest BCUT2D eigenvalue weighted by atomic mass is 31.2. The Bertz CT molecular complexity index is 4140. The molecule has 6 heteroatoms. The van der Waals surface area contributed by atoms with E-state index in [4.69, 9.17) is 9.47 Å². The summed E-state index contributed by atoms with van der Waals surface area (Å²) in [5.74, 6) is 1.58. The third-order valence-electron chi connectivity index (χ3n) is 17.8. The third-order valence-corrected chi connectivity index (χ3v) is 24.1. The van der Waals surface area contributed by atoms with E-state index in [1.807, 2.05) is 158 Å². The number of fused-ring (bicyclic) bond motifs is 5. The second-order valence-corrected chi connectivity index (χ2v) is 29.1. The van der Waals surface area contributed by atoms with Gasteiger partial charge in [0.2, 0.25) is 0 Å². The minimum absolute atomic E-state index is 0.583. The third kappa shape index (κ3) is 11.9. The SMILES string of the molecule is CCCCCCOc1ccc(C2(c3ccc(OCCCCCC)c(/C=C/c4ccccc4P(=O)(c4ccccc4)c4ccccc4)c3)c3cc(C)ccc3-c3c2cc(C)c2ccccc32)cc1/C=C/c1ccccc1P(=O)(c1ccccc1)c1ccccc1. The van der Waals surface area contributed by atoms with E-state index < -0.39 is 19.7 Å². The highest BCUT2D eigenvalue weighted by Crippen LogP contribution is 2.59. The lowest BCUT2D eigenvalue weighted by molar-refractivity contribution is 0.304. The van der Waals surface area contributed by atoms with Crippen LogP contribution in [0.15, 0.2) is 255 Å². The summed E-state index contributed by atoms with van der Waals surface area (Å²) in [7, 11) is -6.71. The molecule has 444 valence electrons. The van der Waals surface area contributed by atoms with Crippen molar-refractivity contribution in [3.63, 3.8) is 0 Å². The van der Waals surface area contributed by atoms with Gasteiger partial charge < -0.3 is 18.6 Å². The van der Waals surface area contributed by atoms with Crippen LogP contribution in [0.25, 0.3) is 46.2 Å². The topological polar surface area (TPSA) is 52.6 Å². The maximum Gasteiger partial charge on any atom is 0.171 e. The lowest BCUT2D eigenvalue weighted by atomic mass is 9.66. The Hall–Kier alpha value is -8.78. The smallest absolute Gasteiger partial charge is 0.171 e. The molecule has 0 saturated carbocycles. The molecule has 1 aliphatic rings. The highest BCUT2D eigenvalue weighted by molar-refractivity contribution is 7.85. The predicted molar refractivity (Wildman–Crippen MR) is 380 cm³/mol. The molecule has 0 aliphatic heterocycles. The molecular weight excluding hydrogens is 1120 g/mol. The van der Waals surface area contributed by atoms with Crippen LogP contribution in [0, 0.1) is 13.8 Å². The van der Waals surface area contributed by atoms with Crippen molar-refractivity contribution in [2.24, 2.45) is 0 Å². The molecule has 0 aromatic heterocycles. The van der Waals surface area contributed by atoms with Gasteiger partial charge in [0.05, 0.1) is 18.6 Å². The number of hydrogen-bond acceptors (Lipinski definition) is 4. The first-order chi connectivity index (χ1) is 43.7. The van der Waals surface area contributed by atoms with E-state index in [2.05, 4.69) is 149 Å². The molecule has 0 fully saturated rings. The van der Waals surface area contributed by atoms with E-state index in [1.54, 1.807) is 0 Å². The second kappa shape index (κ2) is 27.3. The number of hydrogen-bond donors (Lipinski definition) is 0. The maximum atomic E-state index is 16.1. The average molecular weight is 1200 g/mol. The Kier molecular flexibility index (Phi) is 18.6. The van der Waals surface area contributed by atoms with Gasteiger partial charge in [-0.1, -0.05) is 313 Å². The number of rotatable bonds is 24. The predicted octanol–water partition coefficient (Wildman–Crippen LogP) is 19.4. The van der Waals surface area contributed by atoms with Crippen molar-refractivity contribution in [3.8, 4) is 22.6 Å². The van der Waals surface area contributed by atoms with Crippen LogP contribution in [0.3, 0.4) is 0 Å². The van der Waals surface area contributed by atoms with Crippen molar-refractivity contribution in [1.29, 1.82) is 0 Å². The summed E-state index contributed by atoms with van der Waals surface area (Å²) < 4.78 is 46.1. The lowest BCUT2D eigenvalue weighted by Gasteiger charge is -2.35. The van der Waals surface area contributed by atoms with E-state index >= 15 is 9.13 Å². The molecule has 0 atom stereocenters. The summed E-state index contributed by atoms with van der Waals surface area (Å²) in [5, 5.41) is 7.14. The Labute approximate surface area is 527 Å². The van der Waals surface area contributed by atoms with Crippen LogP contribution in [0.5, 0.6) is 11.5 Å². The highest BCUT2D eigenvalue weighted by Gasteiger charge is 2.48. The van der Waals surface area contributed by atoms with E-state index in [1.165, 1.54) is 38.6 Å². The summed E-state index contributed by atoms with van der Waals surface area (Å²) in [5.41, 5.74) is 12.1. The van der Waals surface area contributed by atoms with Gasteiger partial charge in [0, 0.05) is 43.0 Å². The normalized spacial score (nSPS) is 12.8. The zero-order valence-electron chi connectivity index (χ0n) is 51.7. The molecule has 0 saturated heterocycles. The average Bonchev–Trinajstić information content (AvgIpc) is 1.56. The molecule has 11 aromatic carbocycles. The van der Waals surface area contributed by atoms with Crippen LogP contribution in [0.4, 0.5) is 0 Å². The molecule has 0 N–H and O–H groups in total. The quantitative estimate of drug-likeness (QED) is 0.0344. The van der Waals surface area contributed by atoms with Crippen LogP contribution < -0.4 is 41.3 Å². The van der Waals surface area contributed by atoms with Crippen molar-refractivity contribution in [3.05, 3.63) is 310 Å². The van der Waals surface area contributed by atoms with Crippen molar-refractivity contribution in [2.75, 3.05) is 13.2 Å². The zero-order valence-corrected chi connectivity index (χ0v) is 53.4. The monoisotopic (exact) mass is 1200 g/mol. The molecular formula is C83H78O4P2. The van der Waals surface area contributed by atoms with Crippen LogP contribution in [-0.4, -0.2) is 13.2 Å². The molecule has 0 unspecified atom stereocenters. The minimum Gasteiger partial charge on any atom is -0.493 e. The van der Waals surface area contributed by atoms with Crippen LogP contribution in [0.1, 0.15) is 121 Å². The van der Waals surface area contributed by atoms with E-state index in [0.29, 0.717) is 13.2 Å². The van der Waals surface area contributed by atoms with Crippen molar-refractivity contribution in [1.82, 2.24) is 0 Å². The van der Waals surface area contributed by atoms with Crippen molar-refractivity contribution >= 4 is 81.2 Å². The van der Waals surface area contributed by atoms with Gasteiger partial charge in [-0.2, -0.15) is 0 Å². The largest absolute Gasteiger partial charge is 0.493 e. The fourth-order valence-electron chi connectivity index (χ4n) is 13.4. The molecule has 0 amide bonds. The fraction of sp³-hybridized carbons (Fsp3) is 0.181. The zero-order chi connectivity index (χ0) is 61.2. The Morgan fingerprint density at radius 2 is 0.775 bits per heavy atom. The minimum atomic E-state index is -3.36. The van der Waals surface area contributed by atoms with E-state index in [0.717, 1.165) is 134 Å². The molecule has 12 rings (SSSR count). The molecule has 0 heterocycles. The summed E-state index contributed by atoms with van der Waals surface area (Å²) >= 11 is 0.